The summed E-state index contributed by atoms with van der Waals surface area (Å²) in [4.78, 5) is 0. The fourth-order valence-electron chi connectivity index (χ4n) is 2.21. The van der Waals surface area contributed by atoms with E-state index < -0.39 is 0 Å². The molecule has 0 aliphatic heterocycles. The maximum absolute atomic E-state index is 6.11. The van der Waals surface area contributed by atoms with Crippen LogP contribution in [0.3, 0.4) is 0 Å². The molecule has 3 aromatic rings. The van der Waals surface area contributed by atoms with Crippen LogP contribution in [0.1, 0.15) is 5.56 Å². The van der Waals surface area contributed by atoms with Gasteiger partial charge in [-0.05, 0) is 24.1 Å². The van der Waals surface area contributed by atoms with E-state index in [0.29, 0.717) is 5.82 Å². The van der Waals surface area contributed by atoms with Crippen LogP contribution in [0.2, 0.25) is 0 Å². The lowest BCUT2D eigenvalue weighted by Gasteiger charge is -2.05. The monoisotopic (exact) mass is 326 g/mol. The van der Waals surface area contributed by atoms with Gasteiger partial charge in [0, 0.05) is 11.3 Å². The molecule has 0 amide bonds. The van der Waals surface area contributed by atoms with E-state index in [1.807, 2.05) is 42.5 Å². The van der Waals surface area contributed by atoms with Gasteiger partial charge in [0.05, 0.1) is 7.11 Å². The molecule has 2 aromatic carbocycles. The average Bonchev–Trinajstić information content (AvgIpc) is 2.97. The normalized spacial score (nSPS) is 10.7. The highest BCUT2D eigenvalue weighted by atomic mass is 32.2. The molecule has 3 rings (SSSR count). The Morgan fingerprint density at radius 1 is 1.04 bits per heavy atom. The summed E-state index contributed by atoms with van der Waals surface area (Å²) in [5, 5.41) is 9.09. The second-order valence-corrected chi connectivity index (χ2v) is 6.05. The Balaban J connectivity index is 1.61. The quantitative estimate of drug-likeness (QED) is 0.557. The minimum atomic E-state index is 0.678. The number of nitrogen functional groups attached to an aromatic ring is 1. The number of aryl methyl sites for hydroxylation is 1. The van der Waals surface area contributed by atoms with Crippen LogP contribution in [0.15, 0.2) is 59.8 Å². The summed E-state index contributed by atoms with van der Waals surface area (Å²) in [6.45, 7) is 0. The van der Waals surface area contributed by atoms with E-state index in [1.165, 1.54) is 5.56 Å². The van der Waals surface area contributed by atoms with Gasteiger partial charge in [0.15, 0.2) is 5.82 Å². The van der Waals surface area contributed by atoms with E-state index in [9.17, 15) is 0 Å². The van der Waals surface area contributed by atoms with E-state index in [-0.39, 0.29) is 0 Å². The second-order valence-electron chi connectivity index (χ2n) is 4.99. The SMILES string of the molecule is COc1ccc(CCSc2nnc(-c3ccccc3)n2N)cc1. The molecule has 1 heterocycles. The molecule has 5 nitrogen and oxygen atoms in total. The molecule has 0 unspecified atom stereocenters. The highest BCUT2D eigenvalue weighted by Crippen LogP contribution is 2.22. The lowest BCUT2D eigenvalue weighted by molar-refractivity contribution is 0.414. The molecule has 0 atom stereocenters. The van der Waals surface area contributed by atoms with Crippen molar-refractivity contribution in [2.45, 2.75) is 11.6 Å². The minimum absolute atomic E-state index is 0.678. The number of nitrogens with two attached hydrogens (primary N) is 1. The van der Waals surface area contributed by atoms with Gasteiger partial charge in [-0.25, -0.2) is 4.68 Å². The number of aromatic nitrogens is 3. The van der Waals surface area contributed by atoms with Crippen LogP contribution >= 0.6 is 11.8 Å². The molecule has 2 N–H and O–H groups in total. The molecule has 0 spiro atoms. The van der Waals surface area contributed by atoms with E-state index in [4.69, 9.17) is 10.6 Å². The van der Waals surface area contributed by atoms with Gasteiger partial charge in [0.1, 0.15) is 5.75 Å². The maximum atomic E-state index is 6.11. The van der Waals surface area contributed by atoms with Crippen molar-refractivity contribution in [3.05, 3.63) is 60.2 Å². The van der Waals surface area contributed by atoms with Crippen LogP contribution in [0.25, 0.3) is 11.4 Å². The topological polar surface area (TPSA) is 66.0 Å². The van der Waals surface area contributed by atoms with Gasteiger partial charge in [-0.2, -0.15) is 0 Å². The molecular formula is C17H18N4OS. The van der Waals surface area contributed by atoms with Crippen molar-refractivity contribution < 1.29 is 4.74 Å². The standard InChI is InChI=1S/C17H18N4OS/c1-22-15-9-7-13(8-10-15)11-12-23-17-20-19-16(21(17)18)14-5-3-2-4-6-14/h2-10H,11-12,18H2,1H3. The van der Waals surface area contributed by atoms with Crippen LogP contribution in [0.4, 0.5) is 0 Å². The molecule has 0 aliphatic rings. The molecule has 0 radical (unpaired) electrons. The highest BCUT2D eigenvalue weighted by molar-refractivity contribution is 7.99. The summed E-state index contributed by atoms with van der Waals surface area (Å²) in [7, 11) is 1.67. The molecule has 23 heavy (non-hydrogen) atoms. The third-order valence-corrected chi connectivity index (χ3v) is 4.42. The zero-order chi connectivity index (χ0) is 16.1. The minimum Gasteiger partial charge on any atom is -0.497 e. The Labute approximate surface area is 139 Å². The molecule has 0 saturated heterocycles. The first-order valence-corrected chi connectivity index (χ1v) is 8.28. The first-order chi connectivity index (χ1) is 11.3. The zero-order valence-electron chi connectivity index (χ0n) is 12.8. The lowest BCUT2D eigenvalue weighted by atomic mass is 10.2. The zero-order valence-corrected chi connectivity index (χ0v) is 13.7. The Morgan fingerprint density at radius 2 is 1.78 bits per heavy atom. The first-order valence-electron chi connectivity index (χ1n) is 7.29. The van der Waals surface area contributed by atoms with Gasteiger partial charge < -0.3 is 10.6 Å². The van der Waals surface area contributed by atoms with Gasteiger partial charge in [0.2, 0.25) is 5.16 Å². The Hall–Kier alpha value is -2.47. The first kappa shape index (κ1) is 15.4. The van der Waals surface area contributed by atoms with Crippen molar-refractivity contribution in [1.29, 1.82) is 0 Å². The largest absolute Gasteiger partial charge is 0.497 e. The third-order valence-electron chi connectivity index (χ3n) is 3.48. The van der Waals surface area contributed by atoms with Crippen molar-refractivity contribution in [1.82, 2.24) is 14.9 Å². The predicted molar refractivity (Wildman–Crippen MR) is 93.0 cm³/mol. The molecule has 6 heteroatoms. The van der Waals surface area contributed by atoms with Crippen LogP contribution < -0.4 is 10.6 Å². The average molecular weight is 326 g/mol. The van der Waals surface area contributed by atoms with Crippen molar-refractivity contribution in [2.24, 2.45) is 0 Å². The van der Waals surface area contributed by atoms with Crippen LogP contribution in [0.5, 0.6) is 5.75 Å². The molecule has 0 fully saturated rings. The molecule has 0 saturated carbocycles. The fourth-order valence-corrected chi connectivity index (χ4v) is 3.06. The summed E-state index contributed by atoms with van der Waals surface area (Å²) in [5.74, 6) is 8.54. The number of rotatable bonds is 6. The lowest BCUT2D eigenvalue weighted by Crippen LogP contribution is -2.11. The molecule has 0 bridgehead atoms. The van der Waals surface area contributed by atoms with E-state index in [0.717, 1.165) is 28.6 Å². The van der Waals surface area contributed by atoms with Gasteiger partial charge in [-0.1, -0.05) is 54.2 Å². The molecule has 1 aromatic heterocycles. The summed E-state index contributed by atoms with van der Waals surface area (Å²) in [6, 6.07) is 17.9. The fraction of sp³-hybridized carbons (Fsp3) is 0.176. The number of hydrogen-bond acceptors (Lipinski definition) is 5. The number of nitrogens with zero attached hydrogens (tertiary/aromatic N) is 3. The number of ether oxygens (including phenoxy) is 1. The van der Waals surface area contributed by atoms with Crippen molar-refractivity contribution >= 4 is 11.8 Å². The maximum Gasteiger partial charge on any atom is 0.210 e. The summed E-state index contributed by atoms with van der Waals surface area (Å²) < 4.78 is 6.71. The van der Waals surface area contributed by atoms with Gasteiger partial charge in [-0.3, -0.25) is 0 Å². The van der Waals surface area contributed by atoms with Crippen LogP contribution in [0, 0.1) is 0 Å². The Kier molecular flexibility index (Phi) is 4.83. The molecular weight excluding hydrogens is 308 g/mol. The van der Waals surface area contributed by atoms with Crippen LogP contribution in [-0.4, -0.2) is 27.7 Å². The van der Waals surface area contributed by atoms with E-state index in [1.54, 1.807) is 23.5 Å². The van der Waals surface area contributed by atoms with Crippen molar-refractivity contribution in [3.8, 4) is 17.1 Å². The van der Waals surface area contributed by atoms with Gasteiger partial charge in [-0.15, -0.1) is 10.2 Å². The summed E-state index contributed by atoms with van der Waals surface area (Å²) in [6.07, 6.45) is 0.933. The van der Waals surface area contributed by atoms with E-state index >= 15 is 0 Å². The summed E-state index contributed by atoms with van der Waals surface area (Å²) >= 11 is 1.60. The molecule has 0 aliphatic carbocycles. The Bertz CT molecular complexity index is 756. The Morgan fingerprint density at radius 3 is 2.48 bits per heavy atom. The predicted octanol–water partition coefficient (Wildman–Crippen LogP) is 3.00. The van der Waals surface area contributed by atoms with Crippen LogP contribution in [-0.2, 0) is 6.42 Å². The smallest absolute Gasteiger partial charge is 0.210 e. The van der Waals surface area contributed by atoms with E-state index in [2.05, 4.69) is 22.3 Å². The second kappa shape index (κ2) is 7.19. The molecule has 118 valence electrons. The number of hydrogen-bond donors (Lipinski definition) is 1. The number of thioether (sulfide) groups is 1. The highest BCUT2D eigenvalue weighted by Gasteiger charge is 2.11. The summed E-state index contributed by atoms with van der Waals surface area (Å²) in [5.41, 5.74) is 2.22. The van der Waals surface area contributed by atoms with Crippen molar-refractivity contribution in [3.63, 3.8) is 0 Å². The van der Waals surface area contributed by atoms with Gasteiger partial charge in [0.25, 0.3) is 0 Å². The van der Waals surface area contributed by atoms with Crippen molar-refractivity contribution in [2.75, 3.05) is 18.7 Å². The van der Waals surface area contributed by atoms with Gasteiger partial charge >= 0.3 is 0 Å². The number of methoxy groups -OCH3 is 1. The third kappa shape index (κ3) is 3.65. The number of benzene rings is 2.